The number of halogens is 1. The third-order valence-corrected chi connectivity index (χ3v) is 3.62. The van der Waals surface area contributed by atoms with Gasteiger partial charge in [-0.15, -0.1) is 11.6 Å². The molecular weight excluding hydrogens is 222 g/mol. The molecule has 1 aromatic rings. The quantitative estimate of drug-likeness (QED) is 0.824. The first-order chi connectivity index (χ1) is 7.79. The minimum atomic E-state index is 0.230. The van der Waals surface area contributed by atoms with Crippen molar-refractivity contribution < 1.29 is 0 Å². The molecule has 16 heavy (non-hydrogen) atoms. The molecule has 3 nitrogen and oxygen atoms in total. The Kier molecular flexibility index (Phi) is 3.99. The van der Waals surface area contributed by atoms with E-state index in [0.717, 1.165) is 30.8 Å². The van der Waals surface area contributed by atoms with Crippen molar-refractivity contribution in [1.29, 1.82) is 0 Å². The average Bonchev–Trinajstić information content (AvgIpc) is 2.32. The summed E-state index contributed by atoms with van der Waals surface area (Å²) in [6.45, 7) is 2.09. The second kappa shape index (κ2) is 5.48. The average molecular weight is 240 g/mol. The Morgan fingerprint density at radius 2 is 2.19 bits per heavy atom. The zero-order valence-electron chi connectivity index (χ0n) is 9.62. The first-order valence-electron chi connectivity index (χ1n) is 6.01. The van der Waals surface area contributed by atoms with E-state index < -0.39 is 0 Å². The molecule has 0 bridgehead atoms. The summed E-state index contributed by atoms with van der Waals surface area (Å²) in [6.07, 6.45) is 7.30. The molecule has 1 N–H and O–H groups in total. The summed E-state index contributed by atoms with van der Waals surface area (Å²) in [6, 6.07) is 2.37. The van der Waals surface area contributed by atoms with Crippen molar-refractivity contribution in [1.82, 2.24) is 9.97 Å². The molecule has 4 heteroatoms. The summed E-state index contributed by atoms with van der Waals surface area (Å²) in [5, 5.41) is 3.65. The van der Waals surface area contributed by atoms with Crippen LogP contribution in [0.4, 0.5) is 5.82 Å². The highest BCUT2D eigenvalue weighted by Gasteiger charge is 2.23. The van der Waals surface area contributed by atoms with Gasteiger partial charge in [-0.1, -0.05) is 19.8 Å². The Balaban J connectivity index is 2.01. The van der Waals surface area contributed by atoms with Crippen molar-refractivity contribution >= 4 is 17.4 Å². The van der Waals surface area contributed by atoms with Crippen LogP contribution < -0.4 is 5.32 Å². The molecule has 2 atom stereocenters. The molecule has 0 aliphatic heterocycles. The lowest BCUT2D eigenvalue weighted by atomic mass is 9.95. The Morgan fingerprint density at radius 3 is 2.94 bits per heavy atom. The molecule has 0 amide bonds. The van der Waals surface area contributed by atoms with Crippen molar-refractivity contribution in [2.75, 3.05) is 5.32 Å². The Labute approximate surface area is 102 Å². The predicted octanol–water partition coefficient (Wildman–Crippen LogP) is 3.00. The minimum Gasteiger partial charge on any atom is -0.366 e. The number of alkyl halides is 1. The van der Waals surface area contributed by atoms with Crippen LogP contribution in [0.2, 0.25) is 0 Å². The van der Waals surface area contributed by atoms with E-state index in [2.05, 4.69) is 22.2 Å². The number of nitrogens with one attached hydrogen (secondary N) is 1. The number of hydrogen-bond donors (Lipinski definition) is 1. The standard InChI is InChI=1S/C12H18ClN3/c1-2-9-7-12(15-8-14-9)16-11-6-4-3-5-10(11)13/h7-8,10-11H,2-6H2,1H3,(H,14,15,16). The van der Waals surface area contributed by atoms with E-state index in [4.69, 9.17) is 11.6 Å². The topological polar surface area (TPSA) is 37.8 Å². The van der Waals surface area contributed by atoms with Crippen LogP contribution in [-0.4, -0.2) is 21.4 Å². The van der Waals surface area contributed by atoms with Gasteiger partial charge in [0.25, 0.3) is 0 Å². The number of rotatable bonds is 3. The maximum atomic E-state index is 6.30. The van der Waals surface area contributed by atoms with E-state index in [1.165, 1.54) is 12.8 Å². The highest BCUT2D eigenvalue weighted by atomic mass is 35.5. The number of aryl methyl sites for hydroxylation is 1. The normalized spacial score (nSPS) is 25.4. The smallest absolute Gasteiger partial charge is 0.129 e. The first kappa shape index (κ1) is 11.6. The maximum absolute atomic E-state index is 6.30. The van der Waals surface area contributed by atoms with Crippen molar-refractivity contribution in [3.05, 3.63) is 18.1 Å². The second-order valence-electron chi connectivity index (χ2n) is 4.30. The van der Waals surface area contributed by atoms with E-state index in [1.54, 1.807) is 6.33 Å². The van der Waals surface area contributed by atoms with Gasteiger partial charge in [-0.05, 0) is 19.3 Å². The van der Waals surface area contributed by atoms with Gasteiger partial charge in [0, 0.05) is 17.8 Å². The fraction of sp³-hybridized carbons (Fsp3) is 0.667. The monoisotopic (exact) mass is 239 g/mol. The van der Waals surface area contributed by atoms with Crippen LogP contribution in [0.1, 0.15) is 38.3 Å². The van der Waals surface area contributed by atoms with Gasteiger partial charge in [-0.3, -0.25) is 0 Å². The van der Waals surface area contributed by atoms with Gasteiger partial charge in [0.15, 0.2) is 0 Å². The summed E-state index contributed by atoms with van der Waals surface area (Å²) in [5.74, 6) is 0.907. The van der Waals surface area contributed by atoms with Crippen LogP contribution >= 0.6 is 11.6 Å². The molecule has 1 heterocycles. The molecule has 2 unspecified atom stereocenters. The number of aromatic nitrogens is 2. The lowest BCUT2D eigenvalue weighted by Crippen LogP contribution is -2.33. The minimum absolute atomic E-state index is 0.230. The lowest BCUT2D eigenvalue weighted by Gasteiger charge is -2.28. The van der Waals surface area contributed by atoms with Crippen LogP contribution in [0, 0.1) is 0 Å². The van der Waals surface area contributed by atoms with E-state index in [0.29, 0.717) is 6.04 Å². The molecule has 0 spiro atoms. The molecule has 2 rings (SSSR count). The van der Waals surface area contributed by atoms with Gasteiger partial charge in [0.1, 0.15) is 12.1 Å². The molecule has 0 radical (unpaired) electrons. The third kappa shape index (κ3) is 2.85. The van der Waals surface area contributed by atoms with Gasteiger partial charge in [-0.25, -0.2) is 9.97 Å². The van der Waals surface area contributed by atoms with Gasteiger partial charge in [0.05, 0.1) is 5.38 Å². The molecule has 1 saturated carbocycles. The van der Waals surface area contributed by atoms with Gasteiger partial charge >= 0.3 is 0 Å². The maximum Gasteiger partial charge on any atom is 0.129 e. The van der Waals surface area contributed by atoms with Crippen LogP contribution in [0.15, 0.2) is 12.4 Å². The SMILES string of the molecule is CCc1cc(NC2CCCCC2Cl)ncn1. The van der Waals surface area contributed by atoms with Crippen LogP contribution in [0.5, 0.6) is 0 Å². The van der Waals surface area contributed by atoms with Crippen LogP contribution in [0.3, 0.4) is 0 Å². The summed E-state index contributed by atoms with van der Waals surface area (Å²) >= 11 is 6.30. The summed E-state index contributed by atoms with van der Waals surface area (Å²) in [7, 11) is 0. The van der Waals surface area contributed by atoms with Gasteiger partial charge < -0.3 is 5.32 Å². The summed E-state index contributed by atoms with van der Waals surface area (Å²) in [4.78, 5) is 8.42. The van der Waals surface area contributed by atoms with E-state index >= 15 is 0 Å². The predicted molar refractivity (Wildman–Crippen MR) is 66.9 cm³/mol. The molecule has 1 fully saturated rings. The molecule has 0 aromatic carbocycles. The second-order valence-corrected chi connectivity index (χ2v) is 4.86. The zero-order chi connectivity index (χ0) is 11.4. The Bertz CT molecular complexity index is 343. The largest absolute Gasteiger partial charge is 0.366 e. The fourth-order valence-corrected chi connectivity index (χ4v) is 2.45. The highest BCUT2D eigenvalue weighted by Crippen LogP contribution is 2.25. The van der Waals surface area contributed by atoms with E-state index in [9.17, 15) is 0 Å². The summed E-state index contributed by atoms with van der Waals surface area (Å²) < 4.78 is 0. The molecule has 1 aliphatic carbocycles. The summed E-state index contributed by atoms with van der Waals surface area (Å²) in [5.41, 5.74) is 1.07. The van der Waals surface area contributed by atoms with Crippen LogP contribution in [-0.2, 0) is 6.42 Å². The molecule has 1 aromatic heterocycles. The van der Waals surface area contributed by atoms with Gasteiger partial charge in [-0.2, -0.15) is 0 Å². The fourth-order valence-electron chi connectivity index (χ4n) is 2.11. The molecule has 88 valence electrons. The Morgan fingerprint density at radius 1 is 1.38 bits per heavy atom. The number of nitrogens with zero attached hydrogens (tertiary/aromatic N) is 2. The Hall–Kier alpha value is -0.830. The van der Waals surface area contributed by atoms with E-state index in [1.807, 2.05) is 6.07 Å². The van der Waals surface area contributed by atoms with Crippen molar-refractivity contribution in [3.63, 3.8) is 0 Å². The molecule has 1 aliphatic rings. The van der Waals surface area contributed by atoms with Crippen LogP contribution in [0.25, 0.3) is 0 Å². The zero-order valence-corrected chi connectivity index (χ0v) is 10.4. The number of hydrogen-bond acceptors (Lipinski definition) is 3. The highest BCUT2D eigenvalue weighted by molar-refractivity contribution is 6.21. The van der Waals surface area contributed by atoms with Crippen molar-refractivity contribution in [3.8, 4) is 0 Å². The van der Waals surface area contributed by atoms with Crippen molar-refractivity contribution in [2.24, 2.45) is 0 Å². The number of anilines is 1. The molecule has 0 saturated heterocycles. The van der Waals surface area contributed by atoms with E-state index in [-0.39, 0.29) is 5.38 Å². The third-order valence-electron chi connectivity index (χ3n) is 3.10. The van der Waals surface area contributed by atoms with Gasteiger partial charge in [0.2, 0.25) is 0 Å². The lowest BCUT2D eigenvalue weighted by molar-refractivity contribution is 0.468. The molecular formula is C12H18ClN3. The van der Waals surface area contributed by atoms with Crippen molar-refractivity contribution in [2.45, 2.75) is 50.4 Å². The first-order valence-corrected chi connectivity index (χ1v) is 6.44.